The van der Waals surface area contributed by atoms with Gasteiger partial charge in [-0.1, -0.05) is 19.9 Å². The molecule has 0 saturated heterocycles. The van der Waals surface area contributed by atoms with E-state index in [0.717, 1.165) is 0 Å². The Kier molecular flexibility index (Phi) is 6.72. The summed E-state index contributed by atoms with van der Waals surface area (Å²) < 4.78 is 30.2. The molecule has 2 aromatic rings. The Balaban J connectivity index is 2.26. The molecule has 0 fully saturated rings. The largest absolute Gasteiger partial charge is 0.503 e. The number of amides is 1. The van der Waals surface area contributed by atoms with Crippen LogP contribution >= 0.6 is 0 Å². The standard InChI is InChI=1S/C24H26FNO6/c1-13(2)9-17(27)20-21(14-10-18(30-3)23(32-5)19(11-14)31-4)26(24(29)22(20)28)16-8-6-7-15(25)12-16/h6-8,10-13,21,28H,9H2,1-5H3. The van der Waals surface area contributed by atoms with Crippen LogP contribution in [0.15, 0.2) is 47.7 Å². The summed E-state index contributed by atoms with van der Waals surface area (Å²) in [6, 6.07) is 7.61. The van der Waals surface area contributed by atoms with Gasteiger partial charge in [0.25, 0.3) is 5.91 Å². The van der Waals surface area contributed by atoms with E-state index in [-0.39, 0.29) is 29.4 Å². The van der Waals surface area contributed by atoms with Crippen LogP contribution in [0, 0.1) is 11.7 Å². The van der Waals surface area contributed by atoms with Crippen LogP contribution in [0.5, 0.6) is 17.2 Å². The van der Waals surface area contributed by atoms with Crippen LogP contribution < -0.4 is 19.1 Å². The van der Waals surface area contributed by atoms with Gasteiger partial charge in [0, 0.05) is 12.1 Å². The molecule has 1 unspecified atom stereocenters. The molecule has 7 nitrogen and oxygen atoms in total. The highest BCUT2D eigenvalue weighted by Crippen LogP contribution is 2.46. The third-order valence-electron chi connectivity index (χ3n) is 5.19. The van der Waals surface area contributed by atoms with Crippen molar-refractivity contribution in [2.24, 2.45) is 5.92 Å². The normalized spacial score (nSPS) is 16.0. The van der Waals surface area contributed by atoms with Gasteiger partial charge in [-0.15, -0.1) is 0 Å². The van der Waals surface area contributed by atoms with Gasteiger partial charge in [0.2, 0.25) is 5.75 Å². The molecular weight excluding hydrogens is 417 g/mol. The smallest absolute Gasteiger partial charge is 0.294 e. The SMILES string of the molecule is COc1cc(C2C(C(=O)CC(C)C)=C(O)C(=O)N2c2cccc(F)c2)cc(OC)c1OC. The monoisotopic (exact) mass is 443 g/mol. The third kappa shape index (κ3) is 4.12. The minimum absolute atomic E-state index is 0.00158. The first kappa shape index (κ1) is 23.1. The van der Waals surface area contributed by atoms with Crippen LogP contribution in [-0.4, -0.2) is 38.1 Å². The number of ether oxygens (including phenoxy) is 3. The van der Waals surface area contributed by atoms with Crippen molar-refractivity contribution in [1.82, 2.24) is 0 Å². The summed E-state index contributed by atoms with van der Waals surface area (Å²) in [4.78, 5) is 27.4. The first-order valence-corrected chi connectivity index (χ1v) is 10.1. The minimum Gasteiger partial charge on any atom is -0.503 e. The summed E-state index contributed by atoms with van der Waals surface area (Å²) in [5.74, 6) is -1.40. The summed E-state index contributed by atoms with van der Waals surface area (Å²) in [5.41, 5.74) is 0.586. The molecule has 1 N–H and O–H groups in total. The fourth-order valence-electron chi connectivity index (χ4n) is 3.84. The molecule has 0 radical (unpaired) electrons. The molecule has 1 aliphatic rings. The second kappa shape index (κ2) is 9.30. The molecule has 2 aromatic carbocycles. The van der Waals surface area contributed by atoms with Gasteiger partial charge in [0.05, 0.1) is 32.9 Å². The minimum atomic E-state index is -1.01. The average molecular weight is 443 g/mol. The molecule has 1 amide bonds. The summed E-state index contributed by atoms with van der Waals surface area (Å²) in [5, 5.41) is 10.7. The summed E-state index contributed by atoms with van der Waals surface area (Å²) in [7, 11) is 4.36. The van der Waals surface area contributed by atoms with Crippen LogP contribution in [0.2, 0.25) is 0 Å². The van der Waals surface area contributed by atoms with E-state index in [0.29, 0.717) is 22.8 Å². The molecule has 3 rings (SSSR count). The topological polar surface area (TPSA) is 85.3 Å². The maximum Gasteiger partial charge on any atom is 0.294 e. The van der Waals surface area contributed by atoms with Crippen LogP contribution in [0.3, 0.4) is 0 Å². The fraction of sp³-hybridized carbons (Fsp3) is 0.333. The predicted octanol–water partition coefficient (Wildman–Crippen LogP) is 4.37. The van der Waals surface area contributed by atoms with E-state index in [1.165, 1.54) is 50.5 Å². The predicted molar refractivity (Wildman–Crippen MR) is 117 cm³/mol. The van der Waals surface area contributed by atoms with E-state index in [1.807, 2.05) is 13.8 Å². The van der Waals surface area contributed by atoms with Crippen molar-refractivity contribution in [1.29, 1.82) is 0 Å². The Morgan fingerprint density at radius 3 is 2.22 bits per heavy atom. The molecular formula is C24H26FNO6. The lowest BCUT2D eigenvalue weighted by atomic mass is 9.91. The zero-order chi connectivity index (χ0) is 23.6. The van der Waals surface area contributed by atoms with Crippen molar-refractivity contribution < 1.29 is 33.3 Å². The Hall–Kier alpha value is -3.55. The first-order valence-electron chi connectivity index (χ1n) is 10.1. The van der Waals surface area contributed by atoms with Crippen molar-refractivity contribution in [3.63, 3.8) is 0 Å². The lowest BCUT2D eigenvalue weighted by Crippen LogP contribution is -2.31. The highest BCUT2D eigenvalue weighted by Gasteiger charge is 2.45. The van der Waals surface area contributed by atoms with Gasteiger partial charge in [-0.05, 0) is 41.8 Å². The molecule has 0 aliphatic carbocycles. The maximum atomic E-state index is 14.0. The number of carbonyl (C=O) groups is 2. The van der Waals surface area contributed by atoms with Crippen LogP contribution in [0.25, 0.3) is 0 Å². The number of aliphatic hydroxyl groups excluding tert-OH is 1. The molecule has 170 valence electrons. The second-order valence-corrected chi connectivity index (χ2v) is 7.80. The molecule has 1 atom stereocenters. The van der Waals surface area contributed by atoms with Crippen molar-refractivity contribution >= 4 is 17.4 Å². The molecule has 0 aromatic heterocycles. The number of halogens is 1. The highest BCUT2D eigenvalue weighted by atomic mass is 19.1. The van der Waals surface area contributed by atoms with Gasteiger partial charge in [-0.2, -0.15) is 0 Å². The maximum absolute atomic E-state index is 14.0. The zero-order valence-electron chi connectivity index (χ0n) is 18.6. The highest BCUT2D eigenvalue weighted by molar-refractivity contribution is 6.16. The van der Waals surface area contributed by atoms with E-state index in [9.17, 15) is 19.1 Å². The Morgan fingerprint density at radius 2 is 1.72 bits per heavy atom. The number of ketones is 1. The Morgan fingerprint density at radius 1 is 1.09 bits per heavy atom. The lowest BCUT2D eigenvalue weighted by molar-refractivity contribution is -0.118. The van der Waals surface area contributed by atoms with E-state index in [4.69, 9.17) is 14.2 Å². The summed E-state index contributed by atoms with van der Waals surface area (Å²) in [6.45, 7) is 3.73. The number of aliphatic hydroxyl groups is 1. The number of carbonyl (C=O) groups excluding carboxylic acids is 2. The van der Waals surface area contributed by atoms with Crippen molar-refractivity contribution in [2.45, 2.75) is 26.3 Å². The van der Waals surface area contributed by atoms with Gasteiger partial charge >= 0.3 is 0 Å². The molecule has 8 heteroatoms. The quantitative estimate of drug-likeness (QED) is 0.652. The fourth-order valence-corrected chi connectivity index (χ4v) is 3.84. The average Bonchev–Trinajstić information content (AvgIpc) is 3.02. The molecule has 0 saturated carbocycles. The number of methoxy groups -OCH3 is 3. The number of Topliss-reactive ketones (excluding diaryl/α,β-unsaturated/α-hetero) is 1. The summed E-state index contributed by atoms with van der Waals surface area (Å²) in [6.07, 6.45) is 0.130. The van der Waals surface area contributed by atoms with E-state index >= 15 is 0 Å². The lowest BCUT2D eigenvalue weighted by Gasteiger charge is -2.28. The Bertz CT molecular complexity index is 1050. The van der Waals surface area contributed by atoms with E-state index in [1.54, 1.807) is 12.1 Å². The van der Waals surface area contributed by atoms with E-state index in [2.05, 4.69) is 0 Å². The third-order valence-corrected chi connectivity index (χ3v) is 5.19. The number of anilines is 1. The van der Waals surface area contributed by atoms with Gasteiger partial charge in [-0.25, -0.2) is 4.39 Å². The number of hydrogen-bond donors (Lipinski definition) is 1. The van der Waals surface area contributed by atoms with Gasteiger partial charge in [-0.3, -0.25) is 14.5 Å². The van der Waals surface area contributed by atoms with Crippen LogP contribution in [0.1, 0.15) is 31.9 Å². The first-order chi connectivity index (χ1) is 15.2. The number of hydrogen-bond acceptors (Lipinski definition) is 6. The van der Waals surface area contributed by atoms with Crippen molar-refractivity contribution in [3.8, 4) is 17.2 Å². The molecule has 1 aliphatic heterocycles. The van der Waals surface area contributed by atoms with Crippen LogP contribution in [0.4, 0.5) is 10.1 Å². The summed E-state index contributed by atoms with van der Waals surface area (Å²) >= 11 is 0. The Labute approximate surface area is 186 Å². The van der Waals surface area contributed by atoms with Gasteiger partial charge < -0.3 is 19.3 Å². The second-order valence-electron chi connectivity index (χ2n) is 7.80. The van der Waals surface area contributed by atoms with Gasteiger partial charge in [0.1, 0.15) is 5.82 Å². The molecule has 1 heterocycles. The number of nitrogens with zero attached hydrogens (tertiary/aromatic N) is 1. The van der Waals surface area contributed by atoms with Crippen molar-refractivity contribution in [3.05, 3.63) is 59.1 Å². The zero-order valence-corrected chi connectivity index (χ0v) is 18.6. The van der Waals surface area contributed by atoms with Crippen molar-refractivity contribution in [2.75, 3.05) is 26.2 Å². The number of benzene rings is 2. The number of rotatable bonds is 8. The molecule has 0 bridgehead atoms. The van der Waals surface area contributed by atoms with Crippen LogP contribution in [-0.2, 0) is 9.59 Å². The van der Waals surface area contributed by atoms with E-state index < -0.39 is 23.5 Å². The van der Waals surface area contributed by atoms with Gasteiger partial charge in [0.15, 0.2) is 23.0 Å². The molecule has 0 spiro atoms. The molecule has 32 heavy (non-hydrogen) atoms.